The topological polar surface area (TPSA) is 36.9 Å². The summed E-state index contributed by atoms with van der Waals surface area (Å²) in [5.74, 6) is -37.1. The summed E-state index contributed by atoms with van der Waals surface area (Å²) in [4.78, 5) is 0. The van der Waals surface area contributed by atoms with Gasteiger partial charge in [-0.05, 0) is 20.8 Å². The lowest BCUT2D eigenvalue weighted by atomic mass is 9.93. The molecule has 0 aliphatic carbocycles. The summed E-state index contributed by atoms with van der Waals surface area (Å²) in [6.07, 6.45) is -9.97. The zero-order valence-corrected chi connectivity index (χ0v) is 17.6. The number of hydrogen-bond donors (Lipinski definition) is 0. The Kier molecular flexibility index (Phi) is 9.91. The molecule has 0 spiro atoms. The monoisotopic (exact) mass is 526 g/mol. The van der Waals surface area contributed by atoms with Gasteiger partial charge in [-0.15, -0.1) is 0 Å². The Labute approximate surface area is 174 Å². The molecule has 0 aliphatic heterocycles. The lowest BCUT2D eigenvalue weighted by molar-refractivity contribution is -0.440. The first-order valence-electron chi connectivity index (χ1n) is 8.65. The normalized spacial score (nSPS) is 15.4. The molecule has 0 saturated heterocycles. The van der Waals surface area contributed by atoms with Crippen LogP contribution in [0.5, 0.6) is 0 Å². The molecule has 0 amide bonds. The van der Waals surface area contributed by atoms with E-state index in [0.29, 0.717) is 0 Å². The quantitative estimate of drug-likeness (QED) is 0.216. The number of halogens is 13. The van der Waals surface area contributed by atoms with Gasteiger partial charge >= 0.3 is 44.8 Å². The highest BCUT2D eigenvalue weighted by Gasteiger charge is 2.90. The lowest BCUT2D eigenvalue weighted by Crippen LogP contribution is -2.70. The van der Waals surface area contributed by atoms with E-state index in [-0.39, 0.29) is 19.8 Å². The van der Waals surface area contributed by atoms with E-state index < -0.39 is 57.9 Å². The SMILES string of the molecule is CCO[Si](OCC)(OCC)OCCC(F)(F)C(F)(F)C(F)(F)C(F)(F)C(F)(F)C(F)(F)F. The number of hydrogen-bond acceptors (Lipinski definition) is 4. The molecule has 4 nitrogen and oxygen atoms in total. The van der Waals surface area contributed by atoms with E-state index in [1.807, 2.05) is 0 Å². The third kappa shape index (κ3) is 5.61. The van der Waals surface area contributed by atoms with Gasteiger partial charge in [0.1, 0.15) is 0 Å². The van der Waals surface area contributed by atoms with Crippen molar-refractivity contribution >= 4 is 9.05 Å². The fourth-order valence-electron chi connectivity index (χ4n) is 2.04. The van der Waals surface area contributed by atoms with E-state index in [1.165, 1.54) is 20.8 Å². The summed E-state index contributed by atoms with van der Waals surface area (Å²) in [7, 11) is -4.27. The second-order valence-electron chi connectivity index (χ2n) is 5.90. The van der Waals surface area contributed by atoms with Gasteiger partial charge in [0.05, 0.1) is 0 Å². The largest absolute Gasteiger partial charge is 0.679 e. The van der Waals surface area contributed by atoms with E-state index in [4.69, 9.17) is 17.7 Å². The first kappa shape index (κ1) is 31.1. The molecular formula is C14H19F13O4Si. The van der Waals surface area contributed by atoms with Gasteiger partial charge in [-0.3, -0.25) is 0 Å². The minimum absolute atomic E-state index is 0.227. The molecule has 0 fully saturated rings. The molecular weight excluding hydrogens is 507 g/mol. The molecule has 0 aliphatic rings. The lowest BCUT2D eigenvalue weighted by Gasteiger charge is -2.39. The zero-order valence-electron chi connectivity index (χ0n) is 16.6. The van der Waals surface area contributed by atoms with E-state index >= 15 is 0 Å². The number of alkyl halides is 13. The van der Waals surface area contributed by atoms with Crippen molar-refractivity contribution in [3.8, 4) is 0 Å². The molecule has 18 heteroatoms. The molecule has 0 heterocycles. The first-order valence-corrected chi connectivity index (χ1v) is 10.3. The molecule has 0 aromatic rings. The molecule has 0 bridgehead atoms. The summed E-state index contributed by atoms with van der Waals surface area (Å²) < 4.78 is 189. The molecule has 0 rings (SSSR count). The van der Waals surface area contributed by atoms with Crippen LogP contribution in [0.1, 0.15) is 27.2 Å². The molecule has 32 heavy (non-hydrogen) atoms. The van der Waals surface area contributed by atoms with Gasteiger partial charge in [0.25, 0.3) is 0 Å². The predicted molar refractivity (Wildman–Crippen MR) is 82.0 cm³/mol. The van der Waals surface area contributed by atoms with Gasteiger partial charge in [-0.1, -0.05) is 0 Å². The zero-order chi connectivity index (χ0) is 25.9. The van der Waals surface area contributed by atoms with E-state index in [0.717, 1.165) is 0 Å². The highest BCUT2D eigenvalue weighted by molar-refractivity contribution is 6.53. The van der Waals surface area contributed by atoms with Crippen molar-refractivity contribution < 1.29 is 74.8 Å². The van der Waals surface area contributed by atoms with Gasteiger partial charge in [0, 0.05) is 32.8 Å². The van der Waals surface area contributed by atoms with E-state index in [2.05, 4.69) is 0 Å². The molecule has 0 aromatic carbocycles. The van der Waals surface area contributed by atoms with Gasteiger partial charge in [-0.2, -0.15) is 57.1 Å². The smallest absolute Gasteiger partial charge is 0.351 e. The Morgan fingerprint density at radius 1 is 0.500 bits per heavy atom. The van der Waals surface area contributed by atoms with Crippen LogP contribution in [0, 0.1) is 0 Å². The fraction of sp³-hybridized carbons (Fsp3) is 1.00. The summed E-state index contributed by atoms with van der Waals surface area (Å²) in [5.41, 5.74) is 0. The summed E-state index contributed by atoms with van der Waals surface area (Å²) in [6, 6.07) is 0. The van der Waals surface area contributed by atoms with Crippen LogP contribution in [-0.4, -0.2) is 71.3 Å². The van der Waals surface area contributed by atoms with Crippen LogP contribution in [0.25, 0.3) is 0 Å². The minimum Gasteiger partial charge on any atom is -0.351 e. The average Bonchev–Trinajstić information content (AvgIpc) is 2.60. The summed E-state index contributed by atoms with van der Waals surface area (Å²) in [5, 5.41) is 0. The third-order valence-corrected chi connectivity index (χ3v) is 6.14. The fourth-order valence-corrected chi connectivity index (χ4v) is 3.96. The van der Waals surface area contributed by atoms with Crippen LogP contribution in [-0.2, 0) is 17.7 Å². The Balaban J connectivity index is 5.85. The van der Waals surface area contributed by atoms with Crippen molar-refractivity contribution in [2.45, 2.75) is 63.0 Å². The second-order valence-corrected chi connectivity index (χ2v) is 8.05. The third-order valence-electron chi connectivity index (χ3n) is 3.66. The maximum absolute atomic E-state index is 13.8. The molecule has 194 valence electrons. The maximum atomic E-state index is 13.8. The van der Waals surface area contributed by atoms with Crippen LogP contribution in [0.4, 0.5) is 57.1 Å². The van der Waals surface area contributed by atoms with Gasteiger partial charge < -0.3 is 17.7 Å². The maximum Gasteiger partial charge on any atom is 0.679 e. The standard InChI is InChI=1S/C14H19F13O4Si/c1-4-28-32(29-5-2,30-6-3)31-8-7-9(15,16)10(17,18)11(19,20)12(21,22)13(23,24)14(25,26)27/h4-8H2,1-3H3. The van der Waals surface area contributed by atoms with Crippen LogP contribution in [0.2, 0.25) is 0 Å². The molecule has 0 radical (unpaired) electrons. The van der Waals surface area contributed by atoms with Gasteiger partial charge in [0.2, 0.25) is 0 Å². The summed E-state index contributed by atoms with van der Waals surface area (Å²) >= 11 is 0. The van der Waals surface area contributed by atoms with Gasteiger partial charge in [0.15, 0.2) is 0 Å². The van der Waals surface area contributed by atoms with Crippen molar-refractivity contribution in [3.05, 3.63) is 0 Å². The predicted octanol–water partition coefficient (Wildman–Crippen LogP) is 5.68. The van der Waals surface area contributed by atoms with Crippen LogP contribution < -0.4 is 0 Å². The van der Waals surface area contributed by atoms with Crippen LogP contribution in [0.3, 0.4) is 0 Å². The highest BCUT2D eigenvalue weighted by atomic mass is 28.4. The Morgan fingerprint density at radius 3 is 1.16 bits per heavy atom. The van der Waals surface area contributed by atoms with E-state index in [9.17, 15) is 57.1 Å². The molecule has 0 N–H and O–H groups in total. The second kappa shape index (κ2) is 10.2. The molecule has 0 unspecified atom stereocenters. The molecule has 0 saturated carbocycles. The first-order chi connectivity index (χ1) is 14.1. The minimum atomic E-state index is -7.94. The highest BCUT2D eigenvalue weighted by Crippen LogP contribution is 2.60. The Morgan fingerprint density at radius 2 is 0.844 bits per heavy atom. The van der Waals surface area contributed by atoms with Gasteiger partial charge in [-0.25, -0.2) is 0 Å². The average molecular weight is 526 g/mol. The van der Waals surface area contributed by atoms with Crippen molar-refractivity contribution in [2.75, 3.05) is 26.4 Å². The van der Waals surface area contributed by atoms with Crippen molar-refractivity contribution in [3.63, 3.8) is 0 Å². The van der Waals surface area contributed by atoms with Crippen molar-refractivity contribution in [1.29, 1.82) is 0 Å². The van der Waals surface area contributed by atoms with Crippen LogP contribution in [0.15, 0.2) is 0 Å². The molecule has 0 atom stereocenters. The van der Waals surface area contributed by atoms with Crippen molar-refractivity contribution in [1.82, 2.24) is 0 Å². The van der Waals surface area contributed by atoms with E-state index in [1.54, 1.807) is 0 Å². The molecule has 0 aromatic heterocycles. The number of rotatable bonds is 14. The van der Waals surface area contributed by atoms with Crippen LogP contribution >= 0.6 is 0 Å². The Hall–Kier alpha value is -0.853. The Bertz CT molecular complexity index is 581. The summed E-state index contributed by atoms with van der Waals surface area (Å²) in [6.45, 7) is 1.69. The van der Waals surface area contributed by atoms with Crippen molar-refractivity contribution in [2.24, 2.45) is 0 Å².